The molecule has 0 bridgehead atoms. The van der Waals surface area contributed by atoms with Crippen molar-refractivity contribution in [3.63, 3.8) is 0 Å². The molecular formula is C23H36N4O3S. The Balaban J connectivity index is 1.12. The van der Waals surface area contributed by atoms with Gasteiger partial charge in [0.05, 0.1) is 5.25 Å². The lowest BCUT2D eigenvalue weighted by Crippen LogP contribution is -2.32. The molecule has 1 aromatic heterocycles. The summed E-state index contributed by atoms with van der Waals surface area (Å²) >= 11 is 0. The topological polar surface area (TPSA) is 84.4 Å². The lowest BCUT2D eigenvalue weighted by molar-refractivity contribution is 0.0545. The number of aromatic nitrogens is 2. The van der Waals surface area contributed by atoms with Gasteiger partial charge in [-0.1, -0.05) is 19.3 Å². The van der Waals surface area contributed by atoms with E-state index in [1.165, 1.54) is 45.3 Å². The molecule has 4 aliphatic rings. The van der Waals surface area contributed by atoms with Gasteiger partial charge in [-0.05, 0) is 68.4 Å². The minimum absolute atomic E-state index is 0.136. The highest BCUT2D eigenvalue weighted by Gasteiger charge is 2.41. The molecule has 5 rings (SSSR count). The molecule has 7 nitrogen and oxygen atoms in total. The molecule has 2 atom stereocenters. The van der Waals surface area contributed by atoms with Crippen LogP contribution in [0.2, 0.25) is 0 Å². The van der Waals surface area contributed by atoms with Crippen LogP contribution >= 0.6 is 0 Å². The molecular weight excluding hydrogens is 412 g/mol. The fourth-order valence-electron chi connectivity index (χ4n) is 6.26. The highest BCUT2D eigenvalue weighted by Crippen LogP contribution is 2.39. The van der Waals surface area contributed by atoms with E-state index in [1.807, 2.05) is 0 Å². The number of likely N-dealkylation sites (tertiary alicyclic amines) is 1. The average molecular weight is 449 g/mol. The van der Waals surface area contributed by atoms with E-state index >= 15 is 0 Å². The van der Waals surface area contributed by atoms with Crippen molar-refractivity contribution in [3.05, 3.63) is 12.1 Å². The molecule has 0 spiro atoms. The van der Waals surface area contributed by atoms with E-state index in [4.69, 9.17) is 4.74 Å². The Hall–Kier alpha value is -1.25. The van der Waals surface area contributed by atoms with Crippen molar-refractivity contribution in [3.8, 4) is 0 Å². The van der Waals surface area contributed by atoms with Gasteiger partial charge in [0, 0.05) is 38.9 Å². The van der Waals surface area contributed by atoms with Gasteiger partial charge in [0.2, 0.25) is 0 Å². The van der Waals surface area contributed by atoms with E-state index in [0.29, 0.717) is 11.9 Å². The van der Waals surface area contributed by atoms with Gasteiger partial charge in [-0.15, -0.1) is 10.2 Å². The molecule has 2 aliphatic carbocycles. The van der Waals surface area contributed by atoms with E-state index in [9.17, 15) is 8.42 Å². The molecule has 0 amide bonds. The molecule has 0 radical (unpaired) electrons. The highest BCUT2D eigenvalue weighted by atomic mass is 32.2. The van der Waals surface area contributed by atoms with Crippen LogP contribution in [0.15, 0.2) is 17.2 Å². The number of fused-ring (bicyclic) bond motifs is 1. The Labute approximate surface area is 186 Å². The van der Waals surface area contributed by atoms with Gasteiger partial charge in [0.25, 0.3) is 0 Å². The van der Waals surface area contributed by atoms with Crippen LogP contribution in [-0.2, 0) is 14.6 Å². The van der Waals surface area contributed by atoms with Gasteiger partial charge >= 0.3 is 0 Å². The molecule has 2 aliphatic heterocycles. The van der Waals surface area contributed by atoms with Crippen LogP contribution in [0.1, 0.15) is 57.8 Å². The van der Waals surface area contributed by atoms with Crippen LogP contribution < -0.4 is 5.32 Å². The number of hydrogen-bond donors (Lipinski definition) is 1. The third-order valence-electron chi connectivity index (χ3n) is 7.96. The van der Waals surface area contributed by atoms with E-state index < -0.39 is 9.84 Å². The molecule has 2 saturated carbocycles. The van der Waals surface area contributed by atoms with Crippen LogP contribution in [0, 0.1) is 17.8 Å². The summed E-state index contributed by atoms with van der Waals surface area (Å²) in [4.78, 5) is 2.67. The second kappa shape index (κ2) is 9.32. The molecule has 2 saturated heterocycles. The van der Waals surface area contributed by atoms with Crippen molar-refractivity contribution < 1.29 is 13.2 Å². The van der Waals surface area contributed by atoms with Crippen molar-refractivity contribution in [1.29, 1.82) is 0 Å². The monoisotopic (exact) mass is 448 g/mol. The summed E-state index contributed by atoms with van der Waals surface area (Å²) in [6.45, 7) is 5.52. The first kappa shape index (κ1) is 21.6. The minimum atomic E-state index is -3.35. The second-order valence-corrected chi connectivity index (χ2v) is 12.3. The largest absolute Gasteiger partial charge is 0.381 e. The van der Waals surface area contributed by atoms with Gasteiger partial charge in [-0.25, -0.2) is 8.42 Å². The number of anilines is 1. The number of rotatable bonds is 6. The van der Waals surface area contributed by atoms with Crippen molar-refractivity contribution in [2.45, 2.75) is 74.1 Å². The van der Waals surface area contributed by atoms with Gasteiger partial charge in [0.1, 0.15) is 5.82 Å². The Bertz CT molecular complexity index is 821. The predicted octanol–water partition coefficient (Wildman–Crippen LogP) is 3.13. The highest BCUT2D eigenvalue weighted by molar-refractivity contribution is 7.92. The predicted molar refractivity (Wildman–Crippen MR) is 120 cm³/mol. The number of hydrogen-bond acceptors (Lipinski definition) is 7. The van der Waals surface area contributed by atoms with Crippen LogP contribution in [-0.4, -0.2) is 67.7 Å². The second-order valence-electron chi connectivity index (χ2n) is 10.2. The molecule has 1 N–H and O–H groups in total. The van der Waals surface area contributed by atoms with E-state index in [2.05, 4.69) is 20.4 Å². The fraction of sp³-hybridized carbons (Fsp3) is 0.826. The van der Waals surface area contributed by atoms with Gasteiger partial charge in [-0.3, -0.25) is 0 Å². The minimum Gasteiger partial charge on any atom is -0.381 e. The zero-order chi connectivity index (χ0) is 21.3. The van der Waals surface area contributed by atoms with Crippen molar-refractivity contribution in [2.75, 3.05) is 38.2 Å². The summed E-state index contributed by atoms with van der Waals surface area (Å²) in [6, 6.07) is 3.86. The molecule has 8 heteroatoms. The summed E-state index contributed by atoms with van der Waals surface area (Å²) in [7, 11) is -3.35. The normalized spacial score (nSPS) is 31.0. The molecule has 2 unspecified atom stereocenters. The SMILES string of the molecule is O=S(=O)(c1ccc(NC2CC3CN(CC4CCOCC4)CC3C2)nn1)C1CCCCC1. The molecule has 172 valence electrons. The Kier molecular flexibility index (Phi) is 6.49. The number of ether oxygens (including phenoxy) is 1. The summed E-state index contributed by atoms with van der Waals surface area (Å²) in [5, 5.41) is 11.7. The van der Waals surface area contributed by atoms with Crippen LogP contribution in [0.4, 0.5) is 5.82 Å². The molecule has 4 fully saturated rings. The third-order valence-corrected chi connectivity index (χ3v) is 10.1. The zero-order valence-electron chi connectivity index (χ0n) is 18.4. The van der Waals surface area contributed by atoms with Crippen molar-refractivity contribution >= 4 is 15.7 Å². The lowest BCUT2D eigenvalue weighted by Gasteiger charge is -2.27. The van der Waals surface area contributed by atoms with Gasteiger partial charge in [-0.2, -0.15) is 0 Å². The fourth-order valence-corrected chi connectivity index (χ4v) is 7.97. The van der Waals surface area contributed by atoms with E-state index in [-0.39, 0.29) is 10.3 Å². The standard InChI is InChI=1S/C23H36N4O3S/c28-31(29,21-4-2-1-3-5-21)23-7-6-22(25-26-23)24-20-12-18-15-27(16-19(18)13-20)14-17-8-10-30-11-9-17/h6-7,17-21H,1-5,8-16H2,(H,24,25). The molecule has 31 heavy (non-hydrogen) atoms. The maximum atomic E-state index is 12.8. The smallest absolute Gasteiger partial charge is 0.200 e. The van der Waals surface area contributed by atoms with Crippen LogP contribution in [0.5, 0.6) is 0 Å². The first-order valence-corrected chi connectivity index (χ1v) is 13.8. The molecule has 0 aromatic carbocycles. The zero-order valence-corrected chi connectivity index (χ0v) is 19.2. The summed E-state index contributed by atoms with van der Waals surface area (Å²) in [5.41, 5.74) is 0. The molecule has 3 heterocycles. The first-order valence-electron chi connectivity index (χ1n) is 12.2. The third kappa shape index (κ3) is 4.91. The van der Waals surface area contributed by atoms with E-state index in [1.54, 1.807) is 12.1 Å². The lowest BCUT2D eigenvalue weighted by atomic mass is 10.00. The number of sulfone groups is 1. The Morgan fingerprint density at radius 3 is 2.32 bits per heavy atom. The average Bonchev–Trinajstić information content (AvgIpc) is 3.33. The Morgan fingerprint density at radius 2 is 1.68 bits per heavy atom. The van der Waals surface area contributed by atoms with Crippen LogP contribution in [0.3, 0.4) is 0 Å². The number of nitrogens with zero attached hydrogens (tertiary/aromatic N) is 3. The van der Waals surface area contributed by atoms with E-state index in [0.717, 1.165) is 63.1 Å². The van der Waals surface area contributed by atoms with Crippen molar-refractivity contribution in [2.24, 2.45) is 17.8 Å². The first-order chi connectivity index (χ1) is 15.1. The maximum Gasteiger partial charge on any atom is 0.200 e. The molecule has 1 aromatic rings. The Morgan fingerprint density at radius 1 is 0.968 bits per heavy atom. The van der Waals surface area contributed by atoms with Gasteiger partial charge in [0.15, 0.2) is 14.9 Å². The van der Waals surface area contributed by atoms with Gasteiger partial charge < -0.3 is 15.0 Å². The summed E-state index contributed by atoms with van der Waals surface area (Å²) < 4.78 is 31.1. The maximum absolute atomic E-state index is 12.8. The van der Waals surface area contributed by atoms with Crippen LogP contribution in [0.25, 0.3) is 0 Å². The van der Waals surface area contributed by atoms with Crippen molar-refractivity contribution in [1.82, 2.24) is 15.1 Å². The quantitative estimate of drug-likeness (QED) is 0.716. The number of nitrogens with one attached hydrogen (secondary N) is 1. The summed E-state index contributed by atoms with van der Waals surface area (Å²) in [6.07, 6.45) is 9.37. The summed E-state index contributed by atoms with van der Waals surface area (Å²) in [5.74, 6) is 3.03.